The fraction of sp³-hybridized carbons (Fsp3) is 0.368. The van der Waals surface area contributed by atoms with E-state index in [-0.39, 0.29) is 35.5 Å². The number of hydrogen-bond donors (Lipinski definition) is 0. The molecule has 0 aromatic heterocycles. The molecule has 1 saturated heterocycles. The van der Waals surface area contributed by atoms with Gasteiger partial charge in [0, 0.05) is 11.8 Å². The van der Waals surface area contributed by atoms with Crippen LogP contribution in [-0.4, -0.2) is 11.8 Å². The second kappa shape index (κ2) is 4.42. The first-order chi connectivity index (χ1) is 10.5. The predicted octanol–water partition coefficient (Wildman–Crippen LogP) is 3.25. The van der Waals surface area contributed by atoms with Crippen molar-refractivity contribution in [3.63, 3.8) is 0 Å². The highest BCUT2D eigenvalue weighted by atomic mass is 16.2. The first kappa shape index (κ1) is 13.5. The first-order valence-corrected chi connectivity index (χ1v) is 7.81. The summed E-state index contributed by atoms with van der Waals surface area (Å²) in [5, 5.41) is 0. The van der Waals surface area contributed by atoms with E-state index >= 15 is 0 Å². The largest absolute Gasteiger partial charge is 0.274 e. The molecule has 22 heavy (non-hydrogen) atoms. The molecule has 0 N–H and O–H groups in total. The minimum Gasteiger partial charge on any atom is -0.274 e. The van der Waals surface area contributed by atoms with Crippen LogP contribution in [0.1, 0.15) is 19.4 Å². The van der Waals surface area contributed by atoms with Crippen LogP contribution in [0.15, 0.2) is 47.6 Å². The maximum atomic E-state index is 13.0. The molecule has 1 heterocycles. The maximum Gasteiger partial charge on any atom is 0.238 e. The maximum absolute atomic E-state index is 13.0. The van der Waals surface area contributed by atoms with Gasteiger partial charge in [0.25, 0.3) is 0 Å². The molecule has 3 heteroatoms. The highest BCUT2D eigenvalue weighted by molar-refractivity contribution is 6.23. The van der Waals surface area contributed by atoms with Gasteiger partial charge in [0.2, 0.25) is 11.8 Å². The SMILES string of the molecule is CC(C)=C1[C@H]2C=C[C@H]1[C@H]1C(=O)N(c3ccccc3C)C(=O)[C@H]12. The number of imide groups is 1. The fourth-order valence-corrected chi connectivity index (χ4v) is 4.48. The summed E-state index contributed by atoms with van der Waals surface area (Å²) in [5.41, 5.74) is 4.25. The van der Waals surface area contributed by atoms with Crippen molar-refractivity contribution in [3.05, 3.63) is 53.1 Å². The van der Waals surface area contributed by atoms with E-state index in [1.165, 1.54) is 16.0 Å². The molecular weight excluding hydrogens is 274 g/mol. The van der Waals surface area contributed by atoms with Gasteiger partial charge in [-0.2, -0.15) is 0 Å². The molecular formula is C19H19NO2. The minimum absolute atomic E-state index is 0.0279. The average Bonchev–Trinajstić information content (AvgIpc) is 3.11. The first-order valence-electron chi connectivity index (χ1n) is 7.81. The molecule has 1 aromatic rings. The van der Waals surface area contributed by atoms with Crippen LogP contribution < -0.4 is 4.90 Å². The van der Waals surface area contributed by atoms with Crippen LogP contribution in [-0.2, 0) is 9.59 Å². The van der Waals surface area contributed by atoms with Crippen LogP contribution in [0.2, 0.25) is 0 Å². The number of amides is 2. The third kappa shape index (κ3) is 1.51. The topological polar surface area (TPSA) is 37.4 Å². The predicted molar refractivity (Wildman–Crippen MR) is 85.1 cm³/mol. The Labute approximate surface area is 130 Å². The lowest BCUT2D eigenvalue weighted by Crippen LogP contribution is -2.33. The number of carbonyl (C=O) groups excluding carboxylic acids is 2. The fourth-order valence-electron chi connectivity index (χ4n) is 4.48. The molecule has 0 spiro atoms. The number of benzene rings is 1. The molecule has 0 radical (unpaired) electrons. The van der Waals surface area contributed by atoms with Crippen LogP contribution in [0.3, 0.4) is 0 Å². The molecule has 3 aliphatic rings. The number of anilines is 1. The highest BCUT2D eigenvalue weighted by Gasteiger charge is 2.61. The Morgan fingerprint density at radius 1 is 0.955 bits per heavy atom. The van der Waals surface area contributed by atoms with Crippen molar-refractivity contribution in [3.8, 4) is 0 Å². The number of para-hydroxylation sites is 1. The van der Waals surface area contributed by atoms with Crippen molar-refractivity contribution in [2.75, 3.05) is 4.90 Å². The molecule has 2 amide bonds. The van der Waals surface area contributed by atoms with Gasteiger partial charge in [-0.05, 0) is 32.4 Å². The molecule has 112 valence electrons. The molecule has 1 saturated carbocycles. The molecule has 2 bridgehead atoms. The van der Waals surface area contributed by atoms with Gasteiger partial charge in [0.1, 0.15) is 0 Å². The number of aryl methyl sites for hydroxylation is 1. The second-order valence-corrected chi connectivity index (χ2v) is 6.74. The zero-order valence-electron chi connectivity index (χ0n) is 13.0. The van der Waals surface area contributed by atoms with E-state index in [0.717, 1.165) is 11.3 Å². The normalized spacial score (nSPS) is 32.1. The standard InChI is InChI=1S/C19H19NO2/c1-10(2)15-12-8-9-13(15)17-16(12)18(21)20(19(17)22)14-7-5-4-6-11(14)3/h4-9,12-13,16-17H,1-3H3/t12-,13-,16-,17+/m1/s1. The quantitative estimate of drug-likeness (QED) is 0.589. The van der Waals surface area contributed by atoms with Gasteiger partial charge in [-0.15, -0.1) is 0 Å². The van der Waals surface area contributed by atoms with Gasteiger partial charge >= 0.3 is 0 Å². The van der Waals surface area contributed by atoms with E-state index in [9.17, 15) is 9.59 Å². The van der Waals surface area contributed by atoms with E-state index in [1.54, 1.807) is 0 Å². The van der Waals surface area contributed by atoms with E-state index in [2.05, 4.69) is 26.0 Å². The lowest BCUT2D eigenvalue weighted by molar-refractivity contribution is -0.122. The molecule has 0 unspecified atom stereocenters. The summed E-state index contributed by atoms with van der Waals surface area (Å²) in [6.07, 6.45) is 4.25. The number of nitrogens with zero attached hydrogens (tertiary/aromatic N) is 1. The summed E-state index contributed by atoms with van der Waals surface area (Å²) in [6, 6.07) is 7.62. The number of allylic oxidation sites excluding steroid dienone is 4. The van der Waals surface area contributed by atoms with Crippen molar-refractivity contribution in [1.29, 1.82) is 0 Å². The Balaban J connectivity index is 1.80. The lowest BCUT2D eigenvalue weighted by atomic mass is 9.85. The average molecular weight is 293 g/mol. The van der Waals surface area contributed by atoms with E-state index in [1.807, 2.05) is 31.2 Å². The van der Waals surface area contributed by atoms with Crippen LogP contribution in [0.4, 0.5) is 5.69 Å². The molecule has 3 nitrogen and oxygen atoms in total. The summed E-state index contributed by atoms with van der Waals surface area (Å²) >= 11 is 0. The Morgan fingerprint density at radius 3 is 2.00 bits per heavy atom. The van der Waals surface area contributed by atoms with Crippen molar-refractivity contribution in [1.82, 2.24) is 0 Å². The Bertz CT molecular complexity index is 720. The van der Waals surface area contributed by atoms with Gasteiger partial charge in [-0.25, -0.2) is 4.90 Å². The smallest absolute Gasteiger partial charge is 0.238 e. The van der Waals surface area contributed by atoms with Gasteiger partial charge in [-0.3, -0.25) is 9.59 Å². The Morgan fingerprint density at radius 2 is 1.50 bits per heavy atom. The summed E-state index contributed by atoms with van der Waals surface area (Å²) < 4.78 is 0. The van der Waals surface area contributed by atoms with Gasteiger partial charge in [-0.1, -0.05) is 41.5 Å². The summed E-state index contributed by atoms with van der Waals surface area (Å²) in [6.45, 7) is 6.10. The van der Waals surface area contributed by atoms with Crippen LogP contribution in [0.5, 0.6) is 0 Å². The number of fused-ring (bicyclic) bond motifs is 5. The molecule has 2 fully saturated rings. The van der Waals surface area contributed by atoms with Crippen molar-refractivity contribution in [2.45, 2.75) is 20.8 Å². The van der Waals surface area contributed by atoms with Crippen LogP contribution in [0.25, 0.3) is 0 Å². The Kier molecular flexibility index (Phi) is 2.71. The van der Waals surface area contributed by atoms with Crippen LogP contribution in [0, 0.1) is 30.6 Å². The van der Waals surface area contributed by atoms with E-state index < -0.39 is 0 Å². The minimum atomic E-state index is -0.202. The van der Waals surface area contributed by atoms with E-state index in [0.29, 0.717) is 0 Å². The number of hydrogen-bond acceptors (Lipinski definition) is 2. The summed E-state index contributed by atoms with van der Waals surface area (Å²) in [5.74, 6) is -0.227. The Hall–Kier alpha value is -2.16. The molecule has 1 aromatic carbocycles. The zero-order chi connectivity index (χ0) is 15.6. The van der Waals surface area contributed by atoms with Gasteiger partial charge in [0.05, 0.1) is 17.5 Å². The molecule has 4 atom stereocenters. The van der Waals surface area contributed by atoms with Crippen molar-refractivity contribution in [2.24, 2.45) is 23.7 Å². The summed E-state index contributed by atoms with van der Waals surface area (Å²) in [7, 11) is 0. The highest BCUT2D eigenvalue weighted by Crippen LogP contribution is 2.57. The second-order valence-electron chi connectivity index (χ2n) is 6.74. The summed E-state index contributed by atoms with van der Waals surface area (Å²) in [4.78, 5) is 27.3. The van der Waals surface area contributed by atoms with E-state index in [4.69, 9.17) is 0 Å². The number of rotatable bonds is 1. The van der Waals surface area contributed by atoms with Gasteiger partial charge in [0.15, 0.2) is 0 Å². The third-order valence-electron chi connectivity index (χ3n) is 5.35. The molecule has 2 aliphatic carbocycles. The van der Waals surface area contributed by atoms with Crippen molar-refractivity contribution < 1.29 is 9.59 Å². The number of carbonyl (C=O) groups is 2. The third-order valence-corrected chi connectivity index (χ3v) is 5.35. The van der Waals surface area contributed by atoms with Gasteiger partial charge < -0.3 is 0 Å². The van der Waals surface area contributed by atoms with Crippen LogP contribution >= 0.6 is 0 Å². The zero-order valence-corrected chi connectivity index (χ0v) is 13.0. The monoisotopic (exact) mass is 293 g/mol. The lowest BCUT2D eigenvalue weighted by Gasteiger charge is -2.20. The van der Waals surface area contributed by atoms with Crippen molar-refractivity contribution >= 4 is 17.5 Å². The molecule has 4 rings (SSSR count). The molecule has 1 aliphatic heterocycles.